The summed E-state index contributed by atoms with van der Waals surface area (Å²) in [7, 11) is 1.81. The second-order valence-electron chi connectivity index (χ2n) is 6.85. The van der Waals surface area contributed by atoms with Crippen molar-refractivity contribution in [3.05, 3.63) is 29.8 Å². The van der Waals surface area contributed by atoms with Gasteiger partial charge in [-0.1, -0.05) is 37.8 Å². The van der Waals surface area contributed by atoms with Crippen LogP contribution in [0.15, 0.2) is 29.3 Å². The number of nitrogens with one attached hydrogen (secondary N) is 3. The summed E-state index contributed by atoms with van der Waals surface area (Å²) in [5.74, 6) is 1.79. The van der Waals surface area contributed by atoms with Crippen molar-refractivity contribution < 1.29 is 4.79 Å². The predicted octanol–water partition coefficient (Wildman–Crippen LogP) is 3.94. The summed E-state index contributed by atoms with van der Waals surface area (Å²) in [4.78, 5) is 15.3. The molecule has 5 nitrogen and oxygen atoms in total. The Balaban J connectivity index is 0.00000338. The number of nitrogens with zero attached hydrogens (tertiary/aromatic N) is 1. The van der Waals surface area contributed by atoms with Crippen LogP contribution in [0, 0.1) is 5.92 Å². The number of hydrogen-bond acceptors (Lipinski definition) is 2. The average molecular weight is 472 g/mol. The van der Waals surface area contributed by atoms with Gasteiger partial charge >= 0.3 is 0 Å². The van der Waals surface area contributed by atoms with E-state index in [1.54, 1.807) is 0 Å². The van der Waals surface area contributed by atoms with Gasteiger partial charge in [0.05, 0.1) is 0 Å². The van der Waals surface area contributed by atoms with Gasteiger partial charge in [-0.3, -0.25) is 9.79 Å². The minimum absolute atomic E-state index is 0. The van der Waals surface area contributed by atoms with Crippen molar-refractivity contribution >= 4 is 41.5 Å². The number of carbonyl (C=O) groups is 1. The van der Waals surface area contributed by atoms with Gasteiger partial charge in [0.25, 0.3) is 0 Å². The van der Waals surface area contributed by atoms with E-state index < -0.39 is 0 Å². The van der Waals surface area contributed by atoms with Crippen molar-refractivity contribution in [2.75, 3.05) is 25.5 Å². The standard InChI is InChI=1S/C20H32N4O.HI/c1-16(25)24-19-11-9-18(10-12-19)13-15-23-20(21-2)22-14-5-8-17-6-3-4-7-17;/h9-12,17H,3-8,13-15H2,1-2H3,(H,24,25)(H2,21,22,23);1H. The van der Waals surface area contributed by atoms with Crippen LogP contribution in [-0.4, -0.2) is 32.0 Å². The second-order valence-corrected chi connectivity index (χ2v) is 6.85. The average Bonchev–Trinajstić information content (AvgIpc) is 3.11. The highest BCUT2D eigenvalue weighted by atomic mass is 127. The number of anilines is 1. The van der Waals surface area contributed by atoms with Gasteiger partial charge in [-0.15, -0.1) is 24.0 Å². The van der Waals surface area contributed by atoms with Gasteiger partial charge < -0.3 is 16.0 Å². The lowest BCUT2D eigenvalue weighted by molar-refractivity contribution is -0.114. The van der Waals surface area contributed by atoms with E-state index in [0.717, 1.165) is 37.1 Å². The Bertz CT molecular complexity index is 553. The van der Waals surface area contributed by atoms with Crippen molar-refractivity contribution in [3.8, 4) is 0 Å². The first-order valence-electron chi connectivity index (χ1n) is 9.48. The molecule has 2 rings (SSSR count). The van der Waals surface area contributed by atoms with Gasteiger partial charge in [-0.2, -0.15) is 0 Å². The van der Waals surface area contributed by atoms with Gasteiger partial charge in [-0.25, -0.2) is 0 Å². The SMILES string of the molecule is CN=C(NCCCC1CCCC1)NCCc1ccc(NC(C)=O)cc1.I. The van der Waals surface area contributed by atoms with Crippen molar-refractivity contribution in [1.29, 1.82) is 0 Å². The maximum Gasteiger partial charge on any atom is 0.221 e. The Morgan fingerprint density at radius 2 is 1.77 bits per heavy atom. The zero-order valence-electron chi connectivity index (χ0n) is 16.0. The molecule has 3 N–H and O–H groups in total. The van der Waals surface area contributed by atoms with E-state index in [0.29, 0.717) is 0 Å². The lowest BCUT2D eigenvalue weighted by Crippen LogP contribution is -2.38. The zero-order chi connectivity index (χ0) is 17.9. The topological polar surface area (TPSA) is 65.5 Å². The smallest absolute Gasteiger partial charge is 0.221 e. The van der Waals surface area contributed by atoms with Crippen LogP contribution in [0.4, 0.5) is 5.69 Å². The highest BCUT2D eigenvalue weighted by Crippen LogP contribution is 2.28. The molecule has 1 aromatic rings. The van der Waals surface area contributed by atoms with E-state index in [9.17, 15) is 4.79 Å². The molecule has 6 heteroatoms. The highest BCUT2D eigenvalue weighted by Gasteiger charge is 2.13. The summed E-state index contributed by atoms with van der Waals surface area (Å²) in [6.07, 6.45) is 9.17. The summed E-state index contributed by atoms with van der Waals surface area (Å²) in [6.45, 7) is 3.34. The van der Waals surface area contributed by atoms with Crippen molar-refractivity contribution in [2.45, 2.75) is 51.9 Å². The van der Waals surface area contributed by atoms with Gasteiger partial charge in [-0.05, 0) is 42.9 Å². The van der Waals surface area contributed by atoms with Crippen LogP contribution in [0.5, 0.6) is 0 Å². The number of hydrogen-bond donors (Lipinski definition) is 3. The molecule has 1 fully saturated rings. The van der Waals surface area contributed by atoms with E-state index in [4.69, 9.17) is 0 Å². The third-order valence-corrected chi connectivity index (χ3v) is 4.76. The first kappa shape index (κ1) is 22.7. The lowest BCUT2D eigenvalue weighted by Gasteiger charge is -2.13. The third kappa shape index (κ3) is 8.87. The van der Waals surface area contributed by atoms with Crippen LogP contribution in [0.25, 0.3) is 0 Å². The van der Waals surface area contributed by atoms with Crippen molar-refractivity contribution in [1.82, 2.24) is 10.6 Å². The maximum absolute atomic E-state index is 11.0. The summed E-state index contributed by atoms with van der Waals surface area (Å²) in [5.41, 5.74) is 2.07. The van der Waals surface area contributed by atoms with E-state index in [-0.39, 0.29) is 29.9 Å². The van der Waals surface area contributed by atoms with E-state index in [1.807, 2.05) is 31.3 Å². The van der Waals surface area contributed by atoms with Crippen LogP contribution in [0.2, 0.25) is 0 Å². The number of halogens is 1. The molecule has 0 aliphatic heterocycles. The van der Waals surface area contributed by atoms with Crippen LogP contribution in [0.3, 0.4) is 0 Å². The molecule has 1 amide bonds. The lowest BCUT2D eigenvalue weighted by atomic mass is 10.0. The summed E-state index contributed by atoms with van der Waals surface area (Å²) in [5, 5.41) is 9.54. The Hall–Kier alpha value is -1.31. The number of rotatable bonds is 8. The summed E-state index contributed by atoms with van der Waals surface area (Å²) in [6, 6.07) is 7.97. The van der Waals surface area contributed by atoms with Gasteiger partial charge in [0.1, 0.15) is 0 Å². The molecule has 0 bridgehead atoms. The number of carbonyl (C=O) groups excluding carboxylic acids is 1. The fourth-order valence-electron chi connectivity index (χ4n) is 3.40. The maximum atomic E-state index is 11.0. The first-order chi connectivity index (χ1) is 12.2. The quantitative estimate of drug-likeness (QED) is 0.233. The van der Waals surface area contributed by atoms with Gasteiger partial charge in [0, 0.05) is 32.7 Å². The molecular weight excluding hydrogens is 439 g/mol. The van der Waals surface area contributed by atoms with E-state index >= 15 is 0 Å². The highest BCUT2D eigenvalue weighted by molar-refractivity contribution is 14.0. The minimum atomic E-state index is -0.0442. The molecule has 0 heterocycles. The Morgan fingerprint density at radius 1 is 1.12 bits per heavy atom. The Kier molecular flexibility index (Phi) is 11.3. The number of amides is 1. The molecule has 26 heavy (non-hydrogen) atoms. The normalized spacial score (nSPS) is 14.6. The Morgan fingerprint density at radius 3 is 2.38 bits per heavy atom. The van der Waals surface area contributed by atoms with E-state index in [2.05, 4.69) is 20.9 Å². The fourth-order valence-corrected chi connectivity index (χ4v) is 3.40. The molecule has 0 atom stereocenters. The van der Waals surface area contributed by atoms with E-state index in [1.165, 1.54) is 51.0 Å². The number of benzene rings is 1. The van der Waals surface area contributed by atoms with Crippen LogP contribution in [0.1, 0.15) is 51.0 Å². The molecule has 0 unspecified atom stereocenters. The monoisotopic (exact) mass is 472 g/mol. The van der Waals surface area contributed by atoms with Crippen molar-refractivity contribution in [2.24, 2.45) is 10.9 Å². The van der Waals surface area contributed by atoms with Crippen molar-refractivity contribution in [3.63, 3.8) is 0 Å². The molecule has 146 valence electrons. The van der Waals surface area contributed by atoms with Crippen LogP contribution in [-0.2, 0) is 11.2 Å². The first-order valence-corrected chi connectivity index (χ1v) is 9.48. The molecule has 0 aromatic heterocycles. The predicted molar refractivity (Wildman–Crippen MR) is 120 cm³/mol. The zero-order valence-corrected chi connectivity index (χ0v) is 18.3. The Labute approximate surface area is 174 Å². The van der Waals surface area contributed by atoms with Gasteiger partial charge in [0.2, 0.25) is 5.91 Å². The molecule has 1 aliphatic rings. The number of aliphatic imine (C=N–C) groups is 1. The fraction of sp³-hybridized carbons (Fsp3) is 0.600. The third-order valence-electron chi connectivity index (χ3n) is 4.76. The largest absolute Gasteiger partial charge is 0.356 e. The molecule has 0 radical (unpaired) electrons. The second kappa shape index (κ2) is 12.9. The molecule has 1 saturated carbocycles. The molecule has 1 aromatic carbocycles. The van der Waals surface area contributed by atoms with Gasteiger partial charge in [0.15, 0.2) is 5.96 Å². The summed E-state index contributed by atoms with van der Waals surface area (Å²) < 4.78 is 0. The van der Waals surface area contributed by atoms with Crippen LogP contribution < -0.4 is 16.0 Å². The molecular formula is C20H33IN4O. The molecule has 0 spiro atoms. The van der Waals surface area contributed by atoms with Crippen LogP contribution >= 0.6 is 24.0 Å². The molecule has 0 saturated heterocycles. The number of guanidine groups is 1. The summed E-state index contributed by atoms with van der Waals surface area (Å²) >= 11 is 0. The minimum Gasteiger partial charge on any atom is -0.356 e. The molecule has 1 aliphatic carbocycles.